The quantitative estimate of drug-likeness (QED) is 0.794. The van der Waals surface area contributed by atoms with E-state index in [0.717, 1.165) is 16.7 Å². The van der Waals surface area contributed by atoms with Crippen molar-refractivity contribution in [1.82, 2.24) is 14.3 Å². The van der Waals surface area contributed by atoms with E-state index in [0.29, 0.717) is 6.04 Å². The standard InChI is InChI=1S/C13H16BrN3/c1-16-7-3-4-11(16)8-10-9-17-12(14)5-2-6-13(17)15-10/h2,5-6,9,11H,3-4,7-8H2,1H3. The van der Waals surface area contributed by atoms with Gasteiger partial charge < -0.3 is 4.90 Å². The van der Waals surface area contributed by atoms with E-state index < -0.39 is 0 Å². The summed E-state index contributed by atoms with van der Waals surface area (Å²) in [7, 11) is 2.21. The Bertz CT molecular complexity index is 534. The number of nitrogens with zero attached hydrogens (tertiary/aromatic N) is 3. The van der Waals surface area contributed by atoms with Crippen LogP contribution in [-0.4, -0.2) is 33.9 Å². The molecule has 3 nitrogen and oxygen atoms in total. The van der Waals surface area contributed by atoms with E-state index in [-0.39, 0.29) is 0 Å². The van der Waals surface area contributed by atoms with E-state index in [1.165, 1.54) is 25.1 Å². The number of aromatic nitrogens is 2. The summed E-state index contributed by atoms with van der Waals surface area (Å²) in [5, 5.41) is 0. The predicted molar refractivity (Wildman–Crippen MR) is 72.2 cm³/mol. The third-order valence-corrected chi connectivity index (χ3v) is 4.25. The van der Waals surface area contributed by atoms with Gasteiger partial charge in [0.05, 0.1) is 10.3 Å². The Labute approximate surface area is 110 Å². The molecule has 1 fully saturated rings. The summed E-state index contributed by atoms with van der Waals surface area (Å²) in [6.07, 6.45) is 5.82. The number of rotatable bonds is 2. The number of pyridine rings is 1. The van der Waals surface area contributed by atoms with E-state index in [1.54, 1.807) is 0 Å². The summed E-state index contributed by atoms with van der Waals surface area (Å²) in [5.74, 6) is 0. The van der Waals surface area contributed by atoms with Gasteiger partial charge in [0, 0.05) is 18.7 Å². The Morgan fingerprint density at radius 1 is 1.47 bits per heavy atom. The van der Waals surface area contributed by atoms with Gasteiger partial charge >= 0.3 is 0 Å². The number of hydrogen-bond acceptors (Lipinski definition) is 2. The maximum Gasteiger partial charge on any atom is 0.137 e. The van der Waals surface area contributed by atoms with E-state index in [4.69, 9.17) is 0 Å². The van der Waals surface area contributed by atoms with Gasteiger partial charge in [0.2, 0.25) is 0 Å². The zero-order valence-corrected chi connectivity index (χ0v) is 11.5. The summed E-state index contributed by atoms with van der Waals surface area (Å²) in [6, 6.07) is 6.78. The van der Waals surface area contributed by atoms with Gasteiger partial charge in [-0.1, -0.05) is 6.07 Å². The Kier molecular flexibility index (Phi) is 2.92. The largest absolute Gasteiger partial charge is 0.303 e. The number of fused-ring (bicyclic) bond motifs is 1. The molecule has 0 amide bonds. The fraction of sp³-hybridized carbons (Fsp3) is 0.462. The minimum atomic E-state index is 0.665. The van der Waals surface area contributed by atoms with Gasteiger partial charge in [-0.2, -0.15) is 0 Å². The molecule has 0 aromatic carbocycles. The molecule has 1 aliphatic rings. The maximum atomic E-state index is 4.68. The van der Waals surface area contributed by atoms with Gasteiger partial charge in [-0.05, 0) is 54.5 Å². The molecule has 0 bridgehead atoms. The SMILES string of the molecule is CN1CCCC1Cc1cn2c(Br)cccc2n1. The summed E-state index contributed by atoms with van der Waals surface area (Å²) >= 11 is 3.55. The lowest BCUT2D eigenvalue weighted by atomic mass is 10.1. The molecule has 1 aliphatic heterocycles. The number of imidazole rings is 1. The van der Waals surface area contributed by atoms with Crippen molar-refractivity contribution < 1.29 is 0 Å². The second kappa shape index (κ2) is 4.42. The number of halogens is 1. The molecule has 0 spiro atoms. The molecule has 0 saturated carbocycles. The third kappa shape index (κ3) is 2.11. The first-order valence-corrected chi connectivity index (χ1v) is 6.86. The fourth-order valence-corrected chi connectivity index (χ4v) is 3.04. The average molecular weight is 294 g/mol. The molecule has 3 rings (SSSR count). The molecule has 90 valence electrons. The molecule has 0 aliphatic carbocycles. The minimum Gasteiger partial charge on any atom is -0.303 e. The van der Waals surface area contributed by atoms with E-state index in [2.05, 4.69) is 43.5 Å². The molecule has 2 aromatic heterocycles. The smallest absolute Gasteiger partial charge is 0.137 e. The van der Waals surface area contributed by atoms with Crippen molar-refractivity contribution in [3.63, 3.8) is 0 Å². The van der Waals surface area contributed by atoms with Crippen LogP contribution in [0.25, 0.3) is 5.65 Å². The normalized spacial score (nSPS) is 21.4. The van der Waals surface area contributed by atoms with Crippen LogP contribution in [0.5, 0.6) is 0 Å². The van der Waals surface area contributed by atoms with Gasteiger partial charge in [-0.25, -0.2) is 4.98 Å². The molecule has 17 heavy (non-hydrogen) atoms. The Morgan fingerprint density at radius 3 is 3.06 bits per heavy atom. The van der Waals surface area contributed by atoms with Crippen LogP contribution in [0.3, 0.4) is 0 Å². The van der Waals surface area contributed by atoms with Gasteiger partial charge in [0.15, 0.2) is 0 Å². The monoisotopic (exact) mass is 293 g/mol. The maximum absolute atomic E-state index is 4.68. The molecular formula is C13H16BrN3. The van der Waals surface area contributed by atoms with Crippen molar-refractivity contribution in [3.05, 3.63) is 34.7 Å². The van der Waals surface area contributed by atoms with E-state index in [1.807, 2.05) is 18.2 Å². The van der Waals surface area contributed by atoms with E-state index in [9.17, 15) is 0 Å². The molecule has 1 saturated heterocycles. The van der Waals surface area contributed by atoms with Gasteiger partial charge in [0.1, 0.15) is 5.65 Å². The first kappa shape index (κ1) is 11.2. The highest BCUT2D eigenvalue weighted by molar-refractivity contribution is 9.10. The lowest BCUT2D eigenvalue weighted by Crippen LogP contribution is -2.26. The zero-order chi connectivity index (χ0) is 11.8. The summed E-state index contributed by atoms with van der Waals surface area (Å²) in [6.45, 7) is 1.22. The second-order valence-electron chi connectivity index (χ2n) is 4.79. The molecule has 4 heteroatoms. The van der Waals surface area contributed by atoms with Crippen LogP contribution in [0.2, 0.25) is 0 Å². The minimum absolute atomic E-state index is 0.665. The molecule has 2 aromatic rings. The first-order chi connectivity index (χ1) is 8.24. The van der Waals surface area contributed by atoms with Crippen molar-refractivity contribution >= 4 is 21.6 Å². The van der Waals surface area contributed by atoms with Crippen LogP contribution in [0.1, 0.15) is 18.5 Å². The van der Waals surface area contributed by atoms with Crippen molar-refractivity contribution in [3.8, 4) is 0 Å². The Hall–Kier alpha value is -0.870. The lowest BCUT2D eigenvalue weighted by Gasteiger charge is -2.17. The number of hydrogen-bond donors (Lipinski definition) is 0. The molecule has 1 atom stereocenters. The van der Waals surface area contributed by atoms with Crippen LogP contribution >= 0.6 is 15.9 Å². The summed E-state index contributed by atoms with van der Waals surface area (Å²) in [5.41, 5.74) is 2.21. The van der Waals surface area contributed by atoms with Crippen molar-refractivity contribution in [2.45, 2.75) is 25.3 Å². The van der Waals surface area contributed by atoms with Crippen LogP contribution in [0.15, 0.2) is 29.0 Å². The molecule has 1 unspecified atom stereocenters. The highest BCUT2D eigenvalue weighted by atomic mass is 79.9. The zero-order valence-electron chi connectivity index (χ0n) is 9.93. The van der Waals surface area contributed by atoms with Crippen molar-refractivity contribution in [2.75, 3.05) is 13.6 Å². The summed E-state index contributed by atoms with van der Waals surface area (Å²) in [4.78, 5) is 7.12. The van der Waals surface area contributed by atoms with Gasteiger partial charge in [-0.3, -0.25) is 4.40 Å². The number of likely N-dealkylation sites (N-methyl/N-ethyl adjacent to an activating group) is 1. The van der Waals surface area contributed by atoms with Crippen molar-refractivity contribution in [1.29, 1.82) is 0 Å². The van der Waals surface area contributed by atoms with Crippen LogP contribution in [-0.2, 0) is 6.42 Å². The summed E-state index contributed by atoms with van der Waals surface area (Å²) < 4.78 is 3.16. The van der Waals surface area contributed by atoms with Crippen LogP contribution in [0, 0.1) is 0 Å². The second-order valence-corrected chi connectivity index (χ2v) is 5.60. The molecular weight excluding hydrogens is 278 g/mol. The predicted octanol–water partition coefficient (Wildman–Crippen LogP) is 2.73. The number of likely N-dealkylation sites (tertiary alicyclic amines) is 1. The molecule has 0 N–H and O–H groups in total. The average Bonchev–Trinajstić information content (AvgIpc) is 2.87. The highest BCUT2D eigenvalue weighted by Gasteiger charge is 2.22. The van der Waals surface area contributed by atoms with Crippen LogP contribution < -0.4 is 0 Å². The third-order valence-electron chi connectivity index (χ3n) is 3.61. The topological polar surface area (TPSA) is 20.5 Å². The Balaban J connectivity index is 1.88. The molecule has 3 heterocycles. The van der Waals surface area contributed by atoms with Crippen molar-refractivity contribution in [2.24, 2.45) is 0 Å². The van der Waals surface area contributed by atoms with Gasteiger partial charge in [-0.15, -0.1) is 0 Å². The lowest BCUT2D eigenvalue weighted by molar-refractivity contribution is 0.308. The van der Waals surface area contributed by atoms with Gasteiger partial charge in [0.25, 0.3) is 0 Å². The van der Waals surface area contributed by atoms with E-state index >= 15 is 0 Å². The van der Waals surface area contributed by atoms with Crippen LogP contribution in [0.4, 0.5) is 0 Å². The fourth-order valence-electron chi connectivity index (χ4n) is 2.60. The first-order valence-electron chi connectivity index (χ1n) is 6.07. The highest BCUT2D eigenvalue weighted by Crippen LogP contribution is 2.20. The molecule has 0 radical (unpaired) electrons. The Morgan fingerprint density at radius 2 is 2.35 bits per heavy atom.